The van der Waals surface area contributed by atoms with E-state index >= 15 is 0 Å². The van der Waals surface area contributed by atoms with Gasteiger partial charge >= 0.3 is 11.1 Å². The van der Waals surface area contributed by atoms with Gasteiger partial charge in [-0.25, -0.2) is 12.7 Å². The number of benzene rings is 3. The van der Waals surface area contributed by atoms with Gasteiger partial charge in [-0.15, -0.1) is 0 Å². The molecule has 1 atom stereocenters. The smallest absolute Gasteiger partial charge is 0.317 e. The van der Waals surface area contributed by atoms with E-state index in [0.29, 0.717) is 11.3 Å². The zero-order valence-electron chi connectivity index (χ0n) is 19.7. The van der Waals surface area contributed by atoms with Crippen molar-refractivity contribution in [1.29, 1.82) is 0 Å². The molecule has 0 saturated heterocycles. The van der Waals surface area contributed by atoms with E-state index in [4.69, 9.17) is 4.74 Å². The Kier molecular flexibility index (Phi) is 6.79. The molecule has 0 bridgehead atoms. The Morgan fingerprint density at radius 2 is 1.60 bits per heavy atom. The summed E-state index contributed by atoms with van der Waals surface area (Å²) in [7, 11) is -0.957. The highest BCUT2D eigenvalue weighted by Crippen LogP contribution is 2.22. The van der Waals surface area contributed by atoms with Gasteiger partial charge in [0.15, 0.2) is 0 Å². The molecule has 4 aromatic rings. The van der Waals surface area contributed by atoms with Crippen LogP contribution in [0.2, 0.25) is 0 Å². The van der Waals surface area contributed by atoms with Crippen molar-refractivity contribution in [2.24, 2.45) is 0 Å². The largest absolute Gasteiger partial charge is 0.491 e. The summed E-state index contributed by atoms with van der Waals surface area (Å²) in [6, 6.07) is 17.6. The van der Waals surface area contributed by atoms with Crippen molar-refractivity contribution >= 4 is 31.8 Å². The van der Waals surface area contributed by atoms with Crippen molar-refractivity contribution in [2.45, 2.75) is 31.0 Å². The third kappa shape index (κ3) is 4.72. The second-order valence-electron chi connectivity index (χ2n) is 8.38. The molecule has 1 heterocycles. The van der Waals surface area contributed by atoms with Crippen LogP contribution in [0.3, 0.4) is 0 Å². The van der Waals surface area contributed by atoms with Crippen LogP contribution in [0.15, 0.2) is 75.1 Å². The van der Waals surface area contributed by atoms with E-state index in [1.165, 1.54) is 36.9 Å². The molecule has 0 spiro atoms. The molecular formula is C25H27N3O6S. The second kappa shape index (κ2) is 9.65. The molecule has 0 amide bonds. The van der Waals surface area contributed by atoms with E-state index < -0.39 is 27.2 Å². The summed E-state index contributed by atoms with van der Waals surface area (Å²) in [5.41, 5.74) is -0.948. The number of nitrogens with zero attached hydrogens (tertiary/aromatic N) is 3. The molecule has 1 N–H and O–H groups in total. The van der Waals surface area contributed by atoms with E-state index in [0.717, 1.165) is 19.6 Å². The van der Waals surface area contributed by atoms with Crippen molar-refractivity contribution in [1.82, 2.24) is 13.4 Å². The SMILES string of the molecule is CCn1c(=O)c(=O)n(C[C@@H](O)COc2ccc3ccccc3c2)c2cc(S(=O)(=O)N(C)C)ccc21. The van der Waals surface area contributed by atoms with Crippen LogP contribution in [0, 0.1) is 0 Å². The highest BCUT2D eigenvalue weighted by atomic mass is 32.2. The zero-order chi connectivity index (χ0) is 25.3. The Morgan fingerprint density at radius 1 is 0.914 bits per heavy atom. The van der Waals surface area contributed by atoms with Crippen LogP contribution in [0.1, 0.15) is 6.92 Å². The summed E-state index contributed by atoms with van der Waals surface area (Å²) in [6.45, 7) is 1.59. The first kappa shape index (κ1) is 24.6. The minimum atomic E-state index is -3.78. The molecule has 0 radical (unpaired) electrons. The monoisotopic (exact) mass is 497 g/mol. The molecule has 0 aliphatic heterocycles. The Bertz CT molecular complexity index is 1620. The van der Waals surface area contributed by atoms with Gasteiger partial charge in [0.2, 0.25) is 10.0 Å². The molecule has 0 unspecified atom stereocenters. The number of aryl methyl sites for hydroxylation is 1. The highest BCUT2D eigenvalue weighted by Gasteiger charge is 2.21. The fraction of sp³-hybridized carbons (Fsp3) is 0.280. The number of fused-ring (bicyclic) bond motifs is 2. The van der Waals surface area contributed by atoms with Gasteiger partial charge in [-0.1, -0.05) is 30.3 Å². The lowest BCUT2D eigenvalue weighted by atomic mass is 10.1. The summed E-state index contributed by atoms with van der Waals surface area (Å²) in [4.78, 5) is 25.6. The predicted molar refractivity (Wildman–Crippen MR) is 134 cm³/mol. The molecule has 0 aliphatic carbocycles. The lowest BCUT2D eigenvalue weighted by molar-refractivity contribution is 0.0926. The van der Waals surface area contributed by atoms with Gasteiger partial charge in [-0.05, 0) is 48.0 Å². The maximum atomic E-state index is 12.9. The van der Waals surface area contributed by atoms with Crippen LogP contribution in [-0.2, 0) is 23.1 Å². The number of hydrogen-bond donors (Lipinski definition) is 1. The molecule has 4 rings (SSSR count). The predicted octanol–water partition coefficient (Wildman–Crippen LogP) is 2.03. The summed E-state index contributed by atoms with van der Waals surface area (Å²) in [6.07, 6.45) is -1.13. The molecule has 10 heteroatoms. The molecular weight excluding hydrogens is 470 g/mol. The third-order valence-electron chi connectivity index (χ3n) is 5.85. The van der Waals surface area contributed by atoms with E-state index in [2.05, 4.69) is 0 Å². The molecule has 35 heavy (non-hydrogen) atoms. The zero-order valence-corrected chi connectivity index (χ0v) is 20.5. The van der Waals surface area contributed by atoms with Crippen LogP contribution < -0.4 is 15.9 Å². The van der Waals surface area contributed by atoms with E-state index in [1.54, 1.807) is 13.0 Å². The normalized spacial score (nSPS) is 12.9. The highest BCUT2D eigenvalue weighted by molar-refractivity contribution is 7.89. The Morgan fingerprint density at radius 3 is 2.29 bits per heavy atom. The minimum Gasteiger partial charge on any atom is -0.491 e. The molecule has 0 fully saturated rings. The van der Waals surface area contributed by atoms with E-state index in [9.17, 15) is 23.1 Å². The first-order valence-electron chi connectivity index (χ1n) is 11.1. The number of aromatic nitrogens is 2. The maximum absolute atomic E-state index is 12.9. The third-order valence-corrected chi connectivity index (χ3v) is 7.66. The van der Waals surface area contributed by atoms with Gasteiger partial charge in [-0.2, -0.15) is 0 Å². The molecule has 0 aliphatic rings. The molecule has 3 aromatic carbocycles. The molecule has 184 valence electrons. The molecule has 1 aromatic heterocycles. The maximum Gasteiger partial charge on any atom is 0.317 e. The van der Waals surface area contributed by atoms with Gasteiger partial charge in [0.25, 0.3) is 0 Å². The Hall–Kier alpha value is -3.47. The van der Waals surface area contributed by atoms with E-state index in [1.807, 2.05) is 36.4 Å². The molecule has 9 nitrogen and oxygen atoms in total. The standard InChI is InChI=1S/C25H27N3O6S/c1-4-27-22-12-11-21(35(32,33)26(2)3)14-23(22)28(25(31)24(27)30)15-19(29)16-34-20-10-9-17-7-5-6-8-18(17)13-20/h5-14,19,29H,4,15-16H2,1-3H3/t19-/m1/s1. The number of sulfonamides is 1. The average molecular weight is 498 g/mol. The Balaban J connectivity index is 1.69. The van der Waals surface area contributed by atoms with E-state index in [-0.39, 0.29) is 30.1 Å². The van der Waals surface area contributed by atoms with Crippen molar-refractivity contribution in [3.63, 3.8) is 0 Å². The first-order chi connectivity index (χ1) is 16.6. The fourth-order valence-corrected chi connectivity index (χ4v) is 4.90. The van der Waals surface area contributed by atoms with Crippen LogP contribution in [0.4, 0.5) is 0 Å². The summed E-state index contributed by atoms with van der Waals surface area (Å²) >= 11 is 0. The van der Waals surface area contributed by atoms with Crippen LogP contribution in [0.5, 0.6) is 5.75 Å². The van der Waals surface area contributed by atoms with Crippen LogP contribution in [-0.4, -0.2) is 53.8 Å². The van der Waals surface area contributed by atoms with Gasteiger partial charge in [0.05, 0.1) is 22.5 Å². The van der Waals surface area contributed by atoms with Gasteiger partial charge in [-0.3, -0.25) is 14.2 Å². The molecule has 0 saturated carbocycles. The topological polar surface area (TPSA) is 111 Å². The average Bonchev–Trinajstić information content (AvgIpc) is 2.85. The number of rotatable bonds is 8. The summed E-state index contributed by atoms with van der Waals surface area (Å²) < 4.78 is 34.5. The van der Waals surface area contributed by atoms with Crippen molar-refractivity contribution in [2.75, 3.05) is 20.7 Å². The van der Waals surface area contributed by atoms with Crippen molar-refractivity contribution < 1.29 is 18.3 Å². The number of ether oxygens (including phenoxy) is 1. The number of aliphatic hydroxyl groups is 1. The summed E-state index contributed by atoms with van der Waals surface area (Å²) in [5.74, 6) is 0.556. The van der Waals surface area contributed by atoms with Crippen LogP contribution >= 0.6 is 0 Å². The number of hydrogen-bond acceptors (Lipinski definition) is 6. The van der Waals surface area contributed by atoms with Crippen LogP contribution in [0.25, 0.3) is 21.8 Å². The van der Waals surface area contributed by atoms with Gasteiger partial charge < -0.3 is 14.4 Å². The fourth-order valence-electron chi connectivity index (χ4n) is 3.98. The second-order valence-corrected chi connectivity index (χ2v) is 10.5. The first-order valence-corrected chi connectivity index (χ1v) is 12.6. The number of aliphatic hydroxyl groups excluding tert-OH is 1. The van der Waals surface area contributed by atoms with Crippen molar-refractivity contribution in [3.8, 4) is 5.75 Å². The van der Waals surface area contributed by atoms with Gasteiger partial charge in [0.1, 0.15) is 18.5 Å². The Labute approximate surface area is 202 Å². The summed E-state index contributed by atoms with van der Waals surface area (Å²) in [5, 5.41) is 12.7. The minimum absolute atomic E-state index is 0.0219. The van der Waals surface area contributed by atoms with Gasteiger partial charge in [0, 0.05) is 20.6 Å². The quantitative estimate of drug-likeness (QED) is 0.373. The lowest BCUT2D eigenvalue weighted by Crippen LogP contribution is -2.43. The lowest BCUT2D eigenvalue weighted by Gasteiger charge is -2.19. The van der Waals surface area contributed by atoms with Crippen molar-refractivity contribution in [3.05, 3.63) is 81.4 Å².